The minimum absolute atomic E-state index is 0.0628. The standard InChI is InChI=1S/C19H26N2O3S/c1-15-9-10-17(25(23,24)21-11-5-2-6-12-21)14-18(15)20-19(22)13-16-7-3-4-8-16/h3,7,9-10,14,16H,2,4-6,8,11-13H2,1H3,(H,20,22)/t16-/m0/s1. The molecule has 0 spiro atoms. The van der Waals surface area contributed by atoms with Gasteiger partial charge in [0, 0.05) is 25.2 Å². The largest absolute Gasteiger partial charge is 0.326 e. The van der Waals surface area contributed by atoms with Gasteiger partial charge in [-0.15, -0.1) is 0 Å². The molecule has 1 aromatic rings. The summed E-state index contributed by atoms with van der Waals surface area (Å²) in [6.07, 6.45) is 9.57. The highest BCUT2D eigenvalue weighted by molar-refractivity contribution is 7.89. The molecule has 5 nitrogen and oxygen atoms in total. The molecule has 1 aromatic carbocycles. The molecule has 1 amide bonds. The lowest BCUT2D eigenvalue weighted by Gasteiger charge is -2.26. The molecule has 1 fully saturated rings. The molecule has 0 bridgehead atoms. The van der Waals surface area contributed by atoms with Crippen LogP contribution in [0, 0.1) is 12.8 Å². The second kappa shape index (κ2) is 7.70. The van der Waals surface area contributed by atoms with Crippen molar-refractivity contribution in [1.29, 1.82) is 0 Å². The van der Waals surface area contributed by atoms with Crippen LogP contribution in [0.4, 0.5) is 5.69 Å². The molecule has 1 aliphatic heterocycles. The number of aryl methyl sites for hydroxylation is 1. The number of nitrogens with zero attached hydrogens (tertiary/aromatic N) is 1. The van der Waals surface area contributed by atoms with Crippen LogP contribution >= 0.6 is 0 Å². The molecule has 0 radical (unpaired) electrons. The van der Waals surface area contributed by atoms with E-state index in [1.807, 2.05) is 6.92 Å². The summed E-state index contributed by atoms with van der Waals surface area (Å²) in [7, 11) is -3.49. The van der Waals surface area contributed by atoms with Crippen molar-refractivity contribution in [3.05, 3.63) is 35.9 Å². The van der Waals surface area contributed by atoms with Crippen molar-refractivity contribution in [2.45, 2.75) is 50.3 Å². The van der Waals surface area contributed by atoms with Gasteiger partial charge in [0.1, 0.15) is 0 Å². The van der Waals surface area contributed by atoms with Crippen LogP contribution < -0.4 is 5.32 Å². The van der Waals surface area contributed by atoms with Crippen molar-refractivity contribution in [2.75, 3.05) is 18.4 Å². The van der Waals surface area contributed by atoms with Gasteiger partial charge in [-0.3, -0.25) is 4.79 Å². The molecule has 6 heteroatoms. The van der Waals surface area contributed by atoms with Crippen LogP contribution in [0.15, 0.2) is 35.2 Å². The number of sulfonamides is 1. The monoisotopic (exact) mass is 362 g/mol. The fourth-order valence-electron chi connectivity index (χ4n) is 3.46. The van der Waals surface area contributed by atoms with Crippen molar-refractivity contribution < 1.29 is 13.2 Å². The van der Waals surface area contributed by atoms with Gasteiger partial charge < -0.3 is 5.32 Å². The van der Waals surface area contributed by atoms with Crippen LogP contribution in [0.3, 0.4) is 0 Å². The van der Waals surface area contributed by atoms with E-state index >= 15 is 0 Å². The van der Waals surface area contributed by atoms with E-state index in [4.69, 9.17) is 0 Å². The number of allylic oxidation sites excluding steroid dienone is 2. The van der Waals surface area contributed by atoms with E-state index in [0.717, 1.165) is 37.7 Å². The van der Waals surface area contributed by atoms with Gasteiger partial charge in [-0.25, -0.2) is 8.42 Å². The van der Waals surface area contributed by atoms with Gasteiger partial charge >= 0.3 is 0 Å². The highest BCUT2D eigenvalue weighted by Crippen LogP contribution is 2.26. The first-order valence-corrected chi connectivity index (χ1v) is 10.5. The summed E-state index contributed by atoms with van der Waals surface area (Å²) in [5.41, 5.74) is 1.46. The molecule has 3 rings (SSSR count). The maximum Gasteiger partial charge on any atom is 0.243 e. The molecule has 1 N–H and O–H groups in total. The van der Waals surface area contributed by atoms with E-state index < -0.39 is 10.0 Å². The number of carbonyl (C=O) groups excluding carboxylic acids is 1. The molecule has 0 aromatic heterocycles. The Morgan fingerprint density at radius 2 is 2.00 bits per heavy atom. The van der Waals surface area contributed by atoms with E-state index in [9.17, 15) is 13.2 Å². The highest BCUT2D eigenvalue weighted by Gasteiger charge is 2.26. The van der Waals surface area contributed by atoms with E-state index in [1.54, 1.807) is 22.5 Å². The molecule has 1 aliphatic carbocycles. The lowest BCUT2D eigenvalue weighted by molar-refractivity contribution is -0.116. The molecule has 25 heavy (non-hydrogen) atoms. The van der Waals surface area contributed by atoms with Gasteiger partial charge in [-0.1, -0.05) is 24.6 Å². The summed E-state index contributed by atoms with van der Waals surface area (Å²) in [6.45, 7) is 3.03. The highest BCUT2D eigenvalue weighted by atomic mass is 32.2. The van der Waals surface area contributed by atoms with Gasteiger partial charge in [0.05, 0.1) is 4.90 Å². The van der Waals surface area contributed by atoms with Crippen molar-refractivity contribution in [2.24, 2.45) is 5.92 Å². The first-order valence-electron chi connectivity index (χ1n) is 9.04. The SMILES string of the molecule is Cc1ccc(S(=O)(=O)N2CCCCC2)cc1NC(=O)C[C@H]1C=CCC1. The number of piperidine rings is 1. The molecular weight excluding hydrogens is 336 g/mol. The summed E-state index contributed by atoms with van der Waals surface area (Å²) in [4.78, 5) is 12.5. The minimum Gasteiger partial charge on any atom is -0.326 e. The van der Waals surface area contributed by atoms with Gasteiger partial charge in [0.25, 0.3) is 0 Å². The number of hydrogen-bond donors (Lipinski definition) is 1. The van der Waals surface area contributed by atoms with Crippen LogP contribution in [-0.2, 0) is 14.8 Å². The Morgan fingerprint density at radius 1 is 1.24 bits per heavy atom. The summed E-state index contributed by atoms with van der Waals surface area (Å²) >= 11 is 0. The zero-order valence-corrected chi connectivity index (χ0v) is 15.5. The number of rotatable bonds is 5. The number of benzene rings is 1. The number of hydrogen-bond acceptors (Lipinski definition) is 3. The Bertz CT molecular complexity index is 765. The maximum absolute atomic E-state index is 12.8. The number of nitrogens with one attached hydrogen (secondary N) is 1. The van der Waals surface area contributed by atoms with Crippen LogP contribution in [0.1, 0.15) is 44.1 Å². The molecule has 1 atom stereocenters. The Kier molecular flexibility index (Phi) is 5.59. The van der Waals surface area contributed by atoms with E-state index in [-0.39, 0.29) is 10.8 Å². The van der Waals surface area contributed by atoms with E-state index in [1.165, 1.54) is 0 Å². The Hall–Kier alpha value is -1.66. The fourth-order valence-corrected chi connectivity index (χ4v) is 5.00. The Labute approximate surface area is 150 Å². The number of carbonyl (C=O) groups is 1. The first-order chi connectivity index (χ1) is 12.0. The zero-order chi connectivity index (χ0) is 17.9. The second-order valence-corrected chi connectivity index (χ2v) is 8.90. The summed E-state index contributed by atoms with van der Waals surface area (Å²) < 4.78 is 27.2. The fraction of sp³-hybridized carbons (Fsp3) is 0.526. The van der Waals surface area contributed by atoms with E-state index in [0.29, 0.717) is 31.1 Å². The Morgan fingerprint density at radius 3 is 2.68 bits per heavy atom. The predicted molar refractivity (Wildman–Crippen MR) is 98.9 cm³/mol. The van der Waals surface area contributed by atoms with Crippen LogP contribution in [0.2, 0.25) is 0 Å². The average Bonchev–Trinajstić information content (AvgIpc) is 3.10. The summed E-state index contributed by atoms with van der Waals surface area (Å²) in [5.74, 6) is 0.229. The van der Waals surface area contributed by atoms with Crippen molar-refractivity contribution >= 4 is 21.6 Å². The predicted octanol–water partition coefficient (Wildman–Crippen LogP) is 3.46. The van der Waals surface area contributed by atoms with Crippen LogP contribution in [0.25, 0.3) is 0 Å². The molecule has 0 unspecified atom stereocenters. The zero-order valence-electron chi connectivity index (χ0n) is 14.7. The minimum atomic E-state index is -3.49. The molecule has 1 saturated heterocycles. The quantitative estimate of drug-likeness (QED) is 0.816. The van der Waals surface area contributed by atoms with Gasteiger partial charge in [0.15, 0.2) is 0 Å². The summed E-state index contributed by atoms with van der Waals surface area (Å²) in [5, 5.41) is 2.90. The third kappa shape index (κ3) is 4.30. The maximum atomic E-state index is 12.8. The number of anilines is 1. The van der Waals surface area contributed by atoms with Crippen molar-refractivity contribution in [1.82, 2.24) is 4.31 Å². The third-order valence-corrected chi connectivity index (χ3v) is 6.89. The molecule has 136 valence electrons. The lowest BCUT2D eigenvalue weighted by atomic mass is 10.0. The van der Waals surface area contributed by atoms with Crippen LogP contribution in [-0.4, -0.2) is 31.7 Å². The van der Waals surface area contributed by atoms with Crippen molar-refractivity contribution in [3.63, 3.8) is 0 Å². The van der Waals surface area contributed by atoms with E-state index in [2.05, 4.69) is 17.5 Å². The summed E-state index contributed by atoms with van der Waals surface area (Å²) in [6, 6.07) is 5.00. The molecule has 1 heterocycles. The third-order valence-electron chi connectivity index (χ3n) is 5.00. The molecule has 2 aliphatic rings. The molecule has 0 saturated carbocycles. The average molecular weight is 362 g/mol. The van der Waals surface area contributed by atoms with Gasteiger partial charge in [-0.05, 0) is 56.2 Å². The lowest BCUT2D eigenvalue weighted by Crippen LogP contribution is -2.35. The number of amides is 1. The first kappa shape index (κ1) is 18.1. The van der Waals surface area contributed by atoms with Gasteiger partial charge in [-0.2, -0.15) is 4.31 Å². The molecular formula is C19H26N2O3S. The van der Waals surface area contributed by atoms with Gasteiger partial charge in [0.2, 0.25) is 15.9 Å². The second-order valence-electron chi connectivity index (χ2n) is 6.96. The smallest absolute Gasteiger partial charge is 0.243 e. The van der Waals surface area contributed by atoms with Crippen molar-refractivity contribution in [3.8, 4) is 0 Å². The topological polar surface area (TPSA) is 66.5 Å². The van der Waals surface area contributed by atoms with Crippen LogP contribution in [0.5, 0.6) is 0 Å². The Balaban J connectivity index is 1.75. The normalized spacial score (nSPS) is 21.4.